The first kappa shape index (κ1) is 16.2. The fraction of sp³-hybridized carbons (Fsp3) is 0.176. The quantitative estimate of drug-likeness (QED) is 0.853. The van der Waals surface area contributed by atoms with Gasteiger partial charge in [0.1, 0.15) is 0 Å². The van der Waals surface area contributed by atoms with Gasteiger partial charge in [-0.2, -0.15) is 0 Å². The van der Waals surface area contributed by atoms with E-state index in [1.54, 1.807) is 24.3 Å². The maximum atomic E-state index is 12.1. The summed E-state index contributed by atoms with van der Waals surface area (Å²) in [5.41, 5.74) is 1.94. The summed E-state index contributed by atoms with van der Waals surface area (Å²) in [6.45, 7) is 3.66. The molecule has 0 spiro atoms. The summed E-state index contributed by atoms with van der Waals surface area (Å²) in [7, 11) is 0. The van der Waals surface area contributed by atoms with Crippen molar-refractivity contribution in [3.63, 3.8) is 0 Å². The molecule has 0 aliphatic heterocycles. The Hall–Kier alpha value is -2.14. The predicted octanol–water partition coefficient (Wildman–Crippen LogP) is 4.30. The minimum absolute atomic E-state index is 0.0490. The van der Waals surface area contributed by atoms with Crippen molar-refractivity contribution in [2.24, 2.45) is 5.92 Å². The van der Waals surface area contributed by atoms with Crippen LogP contribution in [0, 0.1) is 5.92 Å². The third-order valence-electron chi connectivity index (χ3n) is 3.04. The second-order valence-electron chi connectivity index (χ2n) is 5.18. The lowest BCUT2D eigenvalue weighted by Crippen LogP contribution is -2.18. The Morgan fingerprint density at radius 1 is 0.864 bits per heavy atom. The van der Waals surface area contributed by atoms with Crippen molar-refractivity contribution in [3.8, 4) is 0 Å². The van der Waals surface area contributed by atoms with Gasteiger partial charge in [-0.15, -0.1) is 0 Å². The van der Waals surface area contributed by atoms with Crippen LogP contribution in [0.4, 0.5) is 11.4 Å². The summed E-state index contributed by atoms with van der Waals surface area (Å²) in [6, 6.07) is 14.2. The van der Waals surface area contributed by atoms with Crippen LogP contribution in [0.1, 0.15) is 24.2 Å². The van der Waals surface area contributed by atoms with E-state index in [1.165, 1.54) is 0 Å². The molecule has 2 aromatic carbocycles. The Morgan fingerprint density at radius 2 is 1.36 bits per heavy atom. The van der Waals surface area contributed by atoms with E-state index in [-0.39, 0.29) is 17.7 Å². The van der Waals surface area contributed by atoms with Gasteiger partial charge in [0, 0.05) is 27.3 Å². The van der Waals surface area contributed by atoms with Crippen LogP contribution in [-0.2, 0) is 4.79 Å². The van der Waals surface area contributed by atoms with Gasteiger partial charge < -0.3 is 10.6 Å². The molecule has 2 rings (SSSR count). The van der Waals surface area contributed by atoms with Crippen LogP contribution in [0.15, 0.2) is 53.0 Å². The molecular formula is C17H17BrN2O2. The molecule has 0 radical (unpaired) electrons. The Kier molecular flexibility index (Phi) is 5.33. The molecule has 22 heavy (non-hydrogen) atoms. The van der Waals surface area contributed by atoms with Crippen molar-refractivity contribution in [2.75, 3.05) is 10.6 Å². The minimum atomic E-state index is -0.191. The van der Waals surface area contributed by atoms with Crippen LogP contribution in [0.5, 0.6) is 0 Å². The highest BCUT2D eigenvalue weighted by Crippen LogP contribution is 2.16. The molecule has 0 heterocycles. The maximum Gasteiger partial charge on any atom is 0.255 e. The molecule has 0 aliphatic rings. The summed E-state index contributed by atoms with van der Waals surface area (Å²) < 4.78 is 0.954. The topological polar surface area (TPSA) is 58.2 Å². The van der Waals surface area contributed by atoms with E-state index in [4.69, 9.17) is 0 Å². The Morgan fingerprint density at radius 3 is 1.91 bits per heavy atom. The largest absolute Gasteiger partial charge is 0.326 e. The molecule has 0 aromatic heterocycles. The third kappa shape index (κ3) is 4.43. The fourth-order valence-corrected chi connectivity index (χ4v) is 1.99. The summed E-state index contributed by atoms with van der Waals surface area (Å²) in [4.78, 5) is 23.7. The average Bonchev–Trinajstić information content (AvgIpc) is 2.50. The van der Waals surface area contributed by atoms with E-state index >= 15 is 0 Å². The Bertz CT molecular complexity index is 664. The second kappa shape index (κ2) is 7.22. The van der Waals surface area contributed by atoms with E-state index in [0.717, 1.165) is 10.2 Å². The highest BCUT2D eigenvalue weighted by Gasteiger charge is 2.09. The number of hydrogen-bond donors (Lipinski definition) is 2. The van der Waals surface area contributed by atoms with Crippen molar-refractivity contribution in [3.05, 3.63) is 58.6 Å². The molecule has 0 aliphatic carbocycles. The summed E-state index contributed by atoms with van der Waals surface area (Å²) in [6.07, 6.45) is 0. The van der Waals surface area contributed by atoms with Crippen molar-refractivity contribution in [1.82, 2.24) is 0 Å². The van der Waals surface area contributed by atoms with Gasteiger partial charge in [0.05, 0.1) is 0 Å². The molecule has 4 nitrogen and oxygen atoms in total. The third-order valence-corrected chi connectivity index (χ3v) is 3.57. The molecule has 0 saturated heterocycles. The molecule has 0 atom stereocenters. The van der Waals surface area contributed by atoms with Gasteiger partial charge in [-0.25, -0.2) is 0 Å². The normalized spacial score (nSPS) is 10.4. The van der Waals surface area contributed by atoms with Gasteiger partial charge in [0.2, 0.25) is 5.91 Å². The van der Waals surface area contributed by atoms with Gasteiger partial charge in [-0.3, -0.25) is 9.59 Å². The lowest BCUT2D eigenvalue weighted by molar-refractivity contribution is -0.118. The van der Waals surface area contributed by atoms with Gasteiger partial charge >= 0.3 is 0 Å². The first-order valence-electron chi connectivity index (χ1n) is 6.93. The monoisotopic (exact) mass is 360 g/mol. The van der Waals surface area contributed by atoms with Crippen LogP contribution in [0.2, 0.25) is 0 Å². The first-order valence-corrected chi connectivity index (χ1v) is 7.73. The number of amides is 2. The average molecular weight is 361 g/mol. The Labute approximate surface area is 138 Å². The molecule has 114 valence electrons. The molecule has 2 amide bonds. The van der Waals surface area contributed by atoms with E-state index in [2.05, 4.69) is 26.6 Å². The van der Waals surface area contributed by atoms with Crippen molar-refractivity contribution in [2.45, 2.75) is 13.8 Å². The fourth-order valence-electron chi connectivity index (χ4n) is 1.73. The molecule has 0 saturated carbocycles. The molecule has 2 aromatic rings. The van der Waals surface area contributed by atoms with E-state index in [1.807, 2.05) is 38.1 Å². The van der Waals surface area contributed by atoms with Crippen molar-refractivity contribution < 1.29 is 9.59 Å². The van der Waals surface area contributed by atoms with Crippen LogP contribution < -0.4 is 10.6 Å². The number of carbonyl (C=O) groups is 2. The molecular weight excluding hydrogens is 344 g/mol. The van der Waals surface area contributed by atoms with E-state index < -0.39 is 0 Å². The number of carbonyl (C=O) groups excluding carboxylic acids is 2. The molecule has 0 bridgehead atoms. The summed E-state index contributed by atoms with van der Waals surface area (Å²) in [5, 5.41) is 5.60. The SMILES string of the molecule is CC(C)C(=O)Nc1ccc(C(=O)Nc2ccc(Br)cc2)cc1. The van der Waals surface area contributed by atoms with Gasteiger partial charge in [0.25, 0.3) is 5.91 Å². The maximum absolute atomic E-state index is 12.1. The van der Waals surface area contributed by atoms with Gasteiger partial charge in [0.15, 0.2) is 0 Å². The Balaban J connectivity index is 2.02. The van der Waals surface area contributed by atoms with Crippen molar-refractivity contribution >= 4 is 39.1 Å². The molecule has 0 fully saturated rings. The predicted molar refractivity (Wildman–Crippen MR) is 92.0 cm³/mol. The highest BCUT2D eigenvalue weighted by atomic mass is 79.9. The number of anilines is 2. The van der Waals surface area contributed by atoms with Gasteiger partial charge in [-0.1, -0.05) is 29.8 Å². The standard InChI is InChI=1S/C17H17BrN2O2/c1-11(2)16(21)19-14-7-3-12(4-8-14)17(22)20-15-9-5-13(18)6-10-15/h3-11H,1-2H3,(H,19,21)(H,20,22). The second-order valence-corrected chi connectivity index (χ2v) is 6.10. The number of nitrogens with one attached hydrogen (secondary N) is 2. The number of rotatable bonds is 4. The smallest absolute Gasteiger partial charge is 0.255 e. The minimum Gasteiger partial charge on any atom is -0.326 e. The molecule has 5 heteroatoms. The van der Waals surface area contributed by atoms with Crippen LogP contribution in [0.3, 0.4) is 0 Å². The zero-order valence-corrected chi connectivity index (χ0v) is 14.0. The zero-order chi connectivity index (χ0) is 16.1. The van der Waals surface area contributed by atoms with Crippen molar-refractivity contribution in [1.29, 1.82) is 0 Å². The number of hydrogen-bond acceptors (Lipinski definition) is 2. The number of halogens is 1. The van der Waals surface area contributed by atoms with E-state index in [9.17, 15) is 9.59 Å². The highest BCUT2D eigenvalue weighted by molar-refractivity contribution is 9.10. The van der Waals surface area contributed by atoms with E-state index in [0.29, 0.717) is 11.3 Å². The zero-order valence-electron chi connectivity index (χ0n) is 12.4. The summed E-state index contributed by atoms with van der Waals surface area (Å²) in [5.74, 6) is -0.323. The van der Waals surface area contributed by atoms with Crippen LogP contribution >= 0.6 is 15.9 Å². The number of benzene rings is 2. The van der Waals surface area contributed by atoms with Gasteiger partial charge in [-0.05, 0) is 48.5 Å². The van der Waals surface area contributed by atoms with Crippen LogP contribution in [0.25, 0.3) is 0 Å². The van der Waals surface area contributed by atoms with Crippen LogP contribution in [-0.4, -0.2) is 11.8 Å². The first-order chi connectivity index (χ1) is 10.5. The molecule has 2 N–H and O–H groups in total. The molecule has 0 unspecified atom stereocenters. The lowest BCUT2D eigenvalue weighted by atomic mass is 10.1. The lowest BCUT2D eigenvalue weighted by Gasteiger charge is -2.09. The summed E-state index contributed by atoms with van der Waals surface area (Å²) >= 11 is 3.35.